The monoisotopic (exact) mass is 235 g/mol. The topological polar surface area (TPSA) is 38.3 Å². The Kier molecular flexibility index (Phi) is 6.94. The quantitative estimate of drug-likeness (QED) is 0.759. The van der Waals surface area contributed by atoms with Gasteiger partial charge in [0.15, 0.2) is 0 Å². The normalized spacial score (nSPS) is 25.5. The maximum Gasteiger partial charge on any atom is 0.313 e. The summed E-state index contributed by atoms with van der Waals surface area (Å²) in [6.45, 7) is 6.30. The van der Waals surface area contributed by atoms with Gasteiger partial charge >= 0.3 is 5.97 Å². The molecule has 3 nitrogen and oxygen atoms in total. The molecule has 1 aliphatic heterocycles. The Balaban J connectivity index is 0.00000196. The highest BCUT2D eigenvalue weighted by atomic mass is 35.5. The molecule has 1 rings (SSSR count). The molecule has 0 aromatic heterocycles. The first-order chi connectivity index (χ1) is 6.75. The summed E-state index contributed by atoms with van der Waals surface area (Å²) < 4.78 is 5.16. The summed E-state index contributed by atoms with van der Waals surface area (Å²) >= 11 is 0. The van der Waals surface area contributed by atoms with Crippen molar-refractivity contribution in [3.63, 3.8) is 0 Å². The number of halogens is 1. The van der Waals surface area contributed by atoms with Gasteiger partial charge in [-0.3, -0.25) is 4.79 Å². The van der Waals surface area contributed by atoms with Crippen molar-refractivity contribution in [3.05, 3.63) is 0 Å². The maximum absolute atomic E-state index is 11.8. The molecular weight excluding hydrogens is 214 g/mol. The average Bonchev–Trinajstić information content (AvgIpc) is 2.20. The van der Waals surface area contributed by atoms with Gasteiger partial charge in [0.1, 0.15) is 0 Å². The zero-order chi connectivity index (χ0) is 10.4. The highest BCUT2D eigenvalue weighted by Crippen LogP contribution is 2.32. The van der Waals surface area contributed by atoms with Crippen molar-refractivity contribution < 1.29 is 9.53 Å². The molecule has 1 N–H and O–H groups in total. The van der Waals surface area contributed by atoms with Gasteiger partial charge in [-0.15, -0.1) is 12.4 Å². The van der Waals surface area contributed by atoms with Crippen LogP contribution in [-0.2, 0) is 9.53 Å². The number of carbonyl (C=O) groups excluding carboxylic acids is 1. The lowest BCUT2D eigenvalue weighted by Gasteiger charge is -2.35. The second-order valence-electron chi connectivity index (χ2n) is 4.03. The van der Waals surface area contributed by atoms with Crippen molar-refractivity contribution >= 4 is 18.4 Å². The molecule has 15 heavy (non-hydrogen) atoms. The Labute approximate surface area is 98.4 Å². The number of esters is 1. The number of piperidine rings is 1. The Hall–Kier alpha value is -0.280. The van der Waals surface area contributed by atoms with Gasteiger partial charge in [0.25, 0.3) is 0 Å². The van der Waals surface area contributed by atoms with E-state index >= 15 is 0 Å². The molecule has 0 bridgehead atoms. The third-order valence-corrected chi connectivity index (χ3v) is 2.91. The molecule has 0 amide bonds. The van der Waals surface area contributed by atoms with Crippen LogP contribution in [-0.4, -0.2) is 25.7 Å². The van der Waals surface area contributed by atoms with E-state index in [-0.39, 0.29) is 23.8 Å². The molecule has 0 spiro atoms. The van der Waals surface area contributed by atoms with E-state index in [9.17, 15) is 4.79 Å². The Morgan fingerprint density at radius 1 is 1.47 bits per heavy atom. The molecule has 1 heterocycles. The Morgan fingerprint density at radius 2 is 2.20 bits per heavy atom. The fourth-order valence-electron chi connectivity index (χ4n) is 2.22. The number of hydrogen-bond donors (Lipinski definition) is 1. The summed E-state index contributed by atoms with van der Waals surface area (Å²) in [5, 5.41) is 3.30. The molecule has 0 aromatic rings. The molecule has 1 aliphatic rings. The van der Waals surface area contributed by atoms with Gasteiger partial charge < -0.3 is 10.1 Å². The SMILES string of the molecule is CCCC1(C(=O)OCC)CCCNC1.Cl. The van der Waals surface area contributed by atoms with E-state index in [1.54, 1.807) is 0 Å². The first-order valence-electron chi connectivity index (χ1n) is 5.63. The fraction of sp³-hybridized carbons (Fsp3) is 0.909. The molecule has 0 saturated carbocycles. The molecule has 4 heteroatoms. The Bertz CT molecular complexity index is 186. The van der Waals surface area contributed by atoms with Crippen LogP contribution in [0.5, 0.6) is 0 Å². The van der Waals surface area contributed by atoms with Crippen LogP contribution in [0, 0.1) is 5.41 Å². The molecule has 1 unspecified atom stereocenters. The number of nitrogens with one attached hydrogen (secondary N) is 1. The maximum atomic E-state index is 11.8. The highest BCUT2D eigenvalue weighted by molar-refractivity contribution is 5.85. The van der Waals surface area contributed by atoms with Gasteiger partial charge in [0.2, 0.25) is 0 Å². The number of carbonyl (C=O) groups is 1. The highest BCUT2D eigenvalue weighted by Gasteiger charge is 2.39. The average molecular weight is 236 g/mol. The number of rotatable bonds is 4. The lowest BCUT2D eigenvalue weighted by Crippen LogP contribution is -2.46. The van der Waals surface area contributed by atoms with E-state index in [1.807, 2.05) is 6.92 Å². The molecule has 0 radical (unpaired) electrons. The molecule has 1 atom stereocenters. The van der Waals surface area contributed by atoms with Gasteiger partial charge in [-0.05, 0) is 32.7 Å². The van der Waals surface area contributed by atoms with Crippen LogP contribution in [0.4, 0.5) is 0 Å². The van der Waals surface area contributed by atoms with E-state index in [0.717, 1.165) is 38.8 Å². The molecular formula is C11H22ClNO2. The van der Waals surface area contributed by atoms with Crippen molar-refractivity contribution in [2.45, 2.75) is 39.5 Å². The molecule has 1 saturated heterocycles. The van der Waals surface area contributed by atoms with E-state index < -0.39 is 0 Å². The summed E-state index contributed by atoms with van der Waals surface area (Å²) in [6, 6.07) is 0. The van der Waals surface area contributed by atoms with Gasteiger partial charge in [-0.1, -0.05) is 13.3 Å². The van der Waals surface area contributed by atoms with Gasteiger partial charge in [-0.25, -0.2) is 0 Å². The predicted octanol–water partition coefficient (Wildman–Crippen LogP) is 2.14. The smallest absolute Gasteiger partial charge is 0.313 e. The predicted molar refractivity (Wildman–Crippen MR) is 63.3 cm³/mol. The van der Waals surface area contributed by atoms with Crippen molar-refractivity contribution in [3.8, 4) is 0 Å². The van der Waals surface area contributed by atoms with Crippen LogP contribution >= 0.6 is 12.4 Å². The second kappa shape index (κ2) is 7.07. The van der Waals surface area contributed by atoms with E-state index in [2.05, 4.69) is 12.2 Å². The molecule has 0 aliphatic carbocycles. The molecule has 0 aromatic carbocycles. The van der Waals surface area contributed by atoms with Crippen molar-refractivity contribution in [1.29, 1.82) is 0 Å². The van der Waals surface area contributed by atoms with Crippen molar-refractivity contribution in [2.75, 3.05) is 19.7 Å². The summed E-state index contributed by atoms with van der Waals surface area (Å²) in [5.41, 5.74) is -0.233. The van der Waals surface area contributed by atoms with E-state index in [4.69, 9.17) is 4.74 Å². The fourth-order valence-corrected chi connectivity index (χ4v) is 2.22. The first-order valence-corrected chi connectivity index (χ1v) is 5.63. The van der Waals surface area contributed by atoms with Crippen LogP contribution in [0.1, 0.15) is 39.5 Å². The lowest BCUT2D eigenvalue weighted by molar-refractivity contribution is -0.157. The summed E-state index contributed by atoms with van der Waals surface area (Å²) in [6.07, 6.45) is 4.05. The van der Waals surface area contributed by atoms with Gasteiger partial charge in [0, 0.05) is 6.54 Å². The van der Waals surface area contributed by atoms with Crippen LogP contribution < -0.4 is 5.32 Å². The summed E-state index contributed by atoms with van der Waals surface area (Å²) in [7, 11) is 0. The second-order valence-corrected chi connectivity index (χ2v) is 4.03. The largest absolute Gasteiger partial charge is 0.466 e. The zero-order valence-electron chi connectivity index (χ0n) is 9.67. The van der Waals surface area contributed by atoms with Crippen LogP contribution in [0.15, 0.2) is 0 Å². The van der Waals surface area contributed by atoms with Gasteiger partial charge in [-0.2, -0.15) is 0 Å². The van der Waals surface area contributed by atoms with Crippen molar-refractivity contribution in [2.24, 2.45) is 5.41 Å². The minimum atomic E-state index is -0.233. The molecule has 90 valence electrons. The minimum absolute atomic E-state index is 0. The van der Waals surface area contributed by atoms with E-state index in [0.29, 0.717) is 6.61 Å². The Morgan fingerprint density at radius 3 is 2.67 bits per heavy atom. The van der Waals surface area contributed by atoms with Crippen molar-refractivity contribution in [1.82, 2.24) is 5.32 Å². The summed E-state index contributed by atoms with van der Waals surface area (Å²) in [4.78, 5) is 11.8. The van der Waals surface area contributed by atoms with Crippen LogP contribution in [0.3, 0.4) is 0 Å². The first kappa shape index (κ1) is 14.7. The number of hydrogen-bond acceptors (Lipinski definition) is 3. The molecule has 1 fully saturated rings. The lowest BCUT2D eigenvalue weighted by atomic mass is 9.77. The minimum Gasteiger partial charge on any atom is -0.466 e. The third-order valence-electron chi connectivity index (χ3n) is 2.91. The zero-order valence-corrected chi connectivity index (χ0v) is 10.5. The standard InChI is InChI=1S/C11H21NO2.ClH/c1-3-6-11(10(13)14-4-2)7-5-8-12-9-11;/h12H,3-9H2,1-2H3;1H. The number of ether oxygens (including phenoxy) is 1. The van der Waals surface area contributed by atoms with Crippen LogP contribution in [0.25, 0.3) is 0 Å². The summed E-state index contributed by atoms with van der Waals surface area (Å²) in [5.74, 6) is -0.00551. The van der Waals surface area contributed by atoms with E-state index in [1.165, 1.54) is 0 Å². The third kappa shape index (κ3) is 3.65. The van der Waals surface area contributed by atoms with Gasteiger partial charge in [0.05, 0.1) is 12.0 Å². The van der Waals surface area contributed by atoms with Crippen LogP contribution in [0.2, 0.25) is 0 Å².